The molecule has 6 heteroatoms. The summed E-state index contributed by atoms with van der Waals surface area (Å²) in [5, 5.41) is 0. The first-order valence-corrected chi connectivity index (χ1v) is 7.41. The molecular weight excluding hydrogens is 286 g/mol. The van der Waals surface area contributed by atoms with Gasteiger partial charge in [-0.3, -0.25) is 19.3 Å². The van der Waals surface area contributed by atoms with E-state index in [2.05, 4.69) is 0 Å². The molecule has 0 bridgehead atoms. The lowest BCUT2D eigenvalue weighted by atomic mass is 10.00. The van der Waals surface area contributed by atoms with E-state index in [4.69, 9.17) is 11.6 Å². The normalized spacial score (nSPS) is 26.1. The van der Waals surface area contributed by atoms with Crippen molar-refractivity contribution in [1.29, 1.82) is 0 Å². The van der Waals surface area contributed by atoms with Crippen LogP contribution >= 0.6 is 22.9 Å². The summed E-state index contributed by atoms with van der Waals surface area (Å²) in [4.78, 5) is 37.8. The molecule has 1 aromatic rings. The molecule has 1 aliphatic carbocycles. The summed E-state index contributed by atoms with van der Waals surface area (Å²) in [6.45, 7) is -0.151. The average Bonchev–Trinajstić information content (AvgIpc) is 3.05. The zero-order valence-electron chi connectivity index (χ0n) is 10.1. The number of thiophene rings is 1. The number of rotatable bonds is 3. The number of hydrogen-bond donors (Lipinski definition) is 0. The molecule has 1 saturated carbocycles. The predicted molar refractivity (Wildman–Crippen MR) is 71.2 cm³/mol. The second-order valence-corrected chi connectivity index (χ2v) is 6.65. The van der Waals surface area contributed by atoms with Gasteiger partial charge in [0.25, 0.3) is 0 Å². The van der Waals surface area contributed by atoms with E-state index in [1.54, 1.807) is 12.1 Å². The van der Waals surface area contributed by atoms with Gasteiger partial charge in [0, 0.05) is 0 Å². The Labute approximate surface area is 119 Å². The molecule has 2 atom stereocenters. The number of carbonyl (C=O) groups excluding carboxylic acids is 3. The number of fused-ring (bicyclic) bond motifs is 1. The van der Waals surface area contributed by atoms with Crippen LogP contribution in [0.3, 0.4) is 0 Å². The van der Waals surface area contributed by atoms with Crippen molar-refractivity contribution < 1.29 is 14.4 Å². The SMILES string of the molecule is O=C(CN1C(=O)C2CCCC2C1=O)c1ccc(Cl)s1. The van der Waals surface area contributed by atoms with Crippen LogP contribution in [0.1, 0.15) is 28.9 Å². The van der Waals surface area contributed by atoms with E-state index < -0.39 is 0 Å². The molecule has 2 fully saturated rings. The summed E-state index contributed by atoms with van der Waals surface area (Å²) in [5.41, 5.74) is 0. The van der Waals surface area contributed by atoms with Crippen molar-refractivity contribution in [3.8, 4) is 0 Å². The average molecular weight is 298 g/mol. The number of nitrogens with zero attached hydrogens (tertiary/aromatic N) is 1. The highest BCUT2D eigenvalue weighted by molar-refractivity contribution is 7.18. The highest BCUT2D eigenvalue weighted by atomic mass is 35.5. The molecule has 1 aliphatic heterocycles. The summed E-state index contributed by atoms with van der Waals surface area (Å²) in [6, 6.07) is 3.27. The Morgan fingerprint density at radius 2 is 1.89 bits per heavy atom. The number of amides is 2. The van der Waals surface area contributed by atoms with Gasteiger partial charge in [0.05, 0.1) is 27.6 Å². The molecule has 100 valence electrons. The zero-order valence-corrected chi connectivity index (χ0v) is 11.7. The number of halogens is 1. The molecule has 2 aliphatic rings. The van der Waals surface area contributed by atoms with Crippen LogP contribution in [0.25, 0.3) is 0 Å². The summed E-state index contributed by atoms with van der Waals surface area (Å²) in [5.74, 6) is -0.954. The van der Waals surface area contributed by atoms with Gasteiger partial charge in [0.2, 0.25) is 11.8 Å². The summed E-state index contributed by atoms with van der Waals surface area (Å²) >= 11 is 6.94. The Bertz CT molecular complexity index is 546. The van der Waals surface area contributed by atoms with Crippen molar-refractivity contribution >= 4 is 40.5 Å². The molecule has 0 radical (unpaired) electrons. The van der Waals surface area contributed by atoms with Crippen molar-refractivity contribution in [2.24, 2.45) is 11.8 Å². The first kappa shape index (κ1) is 12.8. The number of carbonyl (C=O) groups is 3. The molecule has 0 N–H and O–H groups in total. The van der Waals surface area contributed by atoms with Crippen molar-refractivity contribution in [2.45, 2.75) is 19.3 Å². The topological polar surface area (TPSA) is 54.5 Å². The van der Waals surface area contributed by atoms with Gasteiger partial charge in [-0.2, -0.15) is 0 Å². The fourth-order valence-electron chi connectivity index (χ4n) is 2.90. The largest absolute Gasteiger partial charge is 0.291 e. The van der Waals surface area contributed by atoms with Crippen LogP contribution in [-0.4, -0.2) is 29.0 Å². The van der Waals surface area contributed by atoms with Crippen LogP contribution in [0, 0.1) is 11.8 Å². The second-order valence-electron chi connectivity index (χ2n) is 4.93. The third-order valence-corrected chi connectivity index (χ3v) is 5.10. The Kier molecular flexibility index (Phi) is 3.19. The van der Waals surface area contributed by atoms with Gasteiger partial charge in [0.1, 0.15) is 0 Å². The minimum absolute atomic E-state index is 0.151. The third kappa shape index (κ3) is 2.11. The molecular formula is C13H12ClNO3S. The summed E-state index contributed by atoms with van der Waals surface area (Å²) in [7, 11) is 0. The molecule has 1 saturated heterocycles. The highest BCUT2D eigenvalue weighted by Gasteiger charge is 2.49. The molecule has 2 amide bonds. The Balaban J connectivity index is 1.75. The predicted octanol–water partition coefficient (Wildman–Crippen LogP) is 2.37. The third-order valence-electron chi connectivity index (χ3n) is 3.83. The summed E-state index contributed by atoms with van der Waals surface area (Å²) < 4.78 is 0.527. The molecule has 4 nitrogen and oxygen atoms in total. The fraction of sp³-hybridized carbons (Fsp3) is 0.462. The van der Waals surface area contributed by atoms with E-state index in [0.717, 1.165) is 24.2 Å². The smallest absolute Gasteiger partial charge is 0.233 e. The molecule has 0 spiro atoms. The van der Waals surface area contributed by atoms with Crippen molar-refractivity contribution in [3.05, 3.63) is 21.3 Å². The van der Waals surface area contributed by atoms with Crippen LogP contribution in [0.2, 0.25) is 4.34 Å². The van der Waals surface area contributed by atoms with Crippen LogP contribution in [0.5, 0.6) is 0 Å². The lowest BCUT2D eigenvalue weighted by molar-refractivity contribution is -0.139. The number of hydrogen-bond acceptors (Lipinski definition) is 4. The maximum atomic E-state index is 12.1. The van der Waals surface area contributed by atoms with Crippen LogP contribution in [0.4, 0.5) is 0 Å². The standard InChI is InChI=1S/C13H12ClNO3S/c14-11-5-4-10(19-11)9(16)6-15-12(17)7-2-1-3-8(7)13(15)18/h4-5,7-8H,1-3,6H2. The monoisotopic (exact) mass is 297 g/mol. The highest BCUT2D eigenvalue weighted by Crippen LogP contribution is 2.39. The molecule has 2 heterocycles. The van der Waals surface area contributed by atoms with Crippen LogP contribution < -0.4 is 0 Å². The van der Waals surface area contributed by atoms with Gasteiger partial charge in [-0.1, -0.05) is 18.0 Å². The molecule has 0 aromatic carbocycles. The minimum Gasteiger partial charge on any atom is -0.291 e. The molecule has 1 aromatic heterocycles. The Morgan fingerprint density at radius 3 is 2.42 bits per heavy atom. The van der Waals surface area contributed by atoms with E-state index in [0.29, 0.717) is 9.21 Å². The maximum absolute atomic E-state index is 12.1. The minimum atomic E-state index is -0.224. The number of Topliss-reactive ketones (excluding diaryl/α,β-unsaturated/α-hetero) is 1. The van der Waals surface area contributed by atoms with E-state index >= 15 is 0 Å². The quantitative estimate of drug-likeness (QED) is 0.636. The van der Waals surface area contributed by atoms with Gasteiger partial charge < -0.3 is 0 Å². The van der Waals surface area contributed by atoms with E-state index in [-0.39, 0.29) is 36.0 Å². The lowest BCUT2D eigenvalue weighted by Gasteiger charge is -2.14. The van der Waals surface area contributed by atoms with Crippen LogP contribution in [-0.2, 0) is 9.59 Å². The summed E-state index contributed by atoms with van der Waals surface area (Å²) in [6.07, 6.45) is 2.46. The second kappa shape index (κ2) is 4.72. The van der Waals surface area contributed by atoms with E-state index in [9.17, 15) is 14.4 Å². The van der Waals surface area contributed by atoms with Gasteiger partial charge in [-0.05, 0) is 25.0 Å². The number of imide groups is 1. The Morgan fingerprint density at radius 1 is 1.26 bits per heavy atom. The fourth-order valence-corrected chi connectivity index (χ4v) is 3.87. The van der Waals surface area contributed by atoms with Gasteiger partial charge >= 0.3 is 0 Å². The van der Waals surface area contributed by atoms with Gasteiger partial charge in [-0.15, -0.1) is 11.3 Å². The van der Waals surface area contributed by atoms with E-state index in [1.165, 1.54) is 11.3 Å². The van der Waals surface area contributed by atoms with Crippen molar-refractivity contribution in [3.63, 3.8) is 0 Å². The number of likely N-dealkylation sites (tertiary alicyclic amines) is 1. The zero-order chi connectivity index (χ0) is 13.6. The number of ketones is 1. The molecule has 19 heavy (non-hydrogen) atoms. The molecule has 3 rings (SSSR count). The molecule has 2 unspecified atom stereocenters. The lowest BCUT2D eigenvalue weighted by Crippen LogP contribution is -2.36. The first-order chi connectivity index (χ1) is 9.08. The van der Waals surface area contributed by atoms with Crippen molar-refractivity contribution in [2.75, 3.05) is 6.54 Å². The van der Waals surface area contributed by atoms with E-state index in [1.807, 2.05) is 0 Å². The first-order valence-electron chi connectivity index (χ1n) is 6.21. The van der Waals surface area contributed by atoms with Gasteiger partial charge in [0.15, 0.2) is 5.78 Å². The van der Waals surface area contributed by atoms with Gasteiger partial charge in [-0.25, -0.2) is 0 Å². The maximum Gasteiger partial charge on any atom is 0.233 e. The van der Waals surface area contributed by atoms with Crippen molar-refractivity contribution in [1.82, 2.24) is 4.90 Å². The Hall–Kier alpha value is -1.20. The van der Waals surface area contributed by atoms with Crippen LogP contribution in [0.15, 0.2) is 12.1 Å².